The van der Waals surface area contributed by atoms with Gasteiger partial charge in [0.25, 0.3) is 0 Å². The predicted octanol–water partition coefficient (Wildman–Crippen LogP) is 2.88. The highest BCUT2D eigenvalue weighted by atomic mass is 16.5. The topological polar surface area (TPSA) is 31.2 Å². The normalized spacial score (nSPS) is 10.9. The highest BCUT2D eigenvalue weighted by Gasteiger charge is 2.11. The molecular formula is C14H17NO2. The molecular weight excluding hydrogens is 214 g/mol. The van der Waals surface area contributed by atoms with E-state index in [2.05, 4.69) is 13.0 Å². The molecule has 3 nitrogen and oxygen atoms in total. The van der Waals surface area contributed by atoms with E-state index >= 15 is 0 Å². The van der Waals surface area contributed by atoms with Crippen LogP contribution in [0.25, 0.3) is 10.9 Å². The van der Waals surface area contributed by atoms with Gasteiger partial charge < -0.3 is 4.74 Å². The van der Waals surface area contributed by atoms with E-state index in [1.807, 2.05) is 24.4 Å². The van der Waals surface area contributed by atoms with Gasteiger partial charge in [0.1, 0.15) is 0 Å². The smallest absolute Gasteiger partial charge is 0.233 e. The summed E-state index contributed by atoms with van der Waals surface area (Å²) in [5, 5.41) is 1.17. The van der Waals surface area contributed by atoms with Gasteiger partial charge in [-0.1, -0.05) is 25.1 Å². The van der Waals surface area contributed by atoms with Gasteiger partial charge in [-0.25, -0.2) is 0 Å². The Morgan fingerprint density at radius 2 is 2.12 bits per heavy atom. The van der Waals surface area contributed by atoms with Gasteiger partial charge in [-0.3, -0.25) is 9.36 Å². The first kappa shape index (κ1) is 11.9. The van der Waals surface area contributed by atoms with Crippen molar-refractivity contribution in [3.8, 4) is 0 Å². The van der Waals surface area contributed by atoms with E-state index in [4.69, 9.17) is 4.74 Å². The fourth-order valence-electron chi connectivity index (χ4n) is 2.05. The Morgan fingerprint density at radius 3 is 2.82 bits per heavy atom. The number of aromatic nitrogens is 1. The molecule has 0 N–H and O–H groups in total. The summed E-state index contributed by atoms with van der Waals surface area (Å²) in [7, 11) is 1.61. The molecule has 0 aliphatic rings. The summed E-state index contributed by atoms with van der Waals surface area (Å²) in [5.74, 6) is 0.0859. The second kappa shape index (κ2) is 5.15. The second-order valence-corrected chi connectivity index (χ2v) is 4.03. The molecule has 1 heterocycles. The molecule has 17 heavy (non-hydrogen) atoms. The number of benzene rings is 1. The van der Waals surface area contributed by atoms with Crippen molar-refractivity contribution in [2.45, 2.75) is 19.8 Å². The standard InChI is InChI=1S/C14H17NO2/c1-3-11-10-15(14(16)8-9-17-2)13-7-5-4-6-12(11)13/h4-7,10H,3,8-9H2,1-2H3. The maximum atomic E-state index is 12.0. The Kier molecular flexibility index (Phi) is 3.59. The van der Waals surface area contributed by atoms with Crippen molar-refractivity contribution >= 4 is 16.8 Å². The maximum Gasteiger partial charge on any atom is 0.233 e. The molecule has 0 saturated carbocycles. The van der Waals surface area contributed by atoms with Crippen LogP contribution in [-0.2, 0) is 11.2 Å². The molecule has 1 aromatic heterocycles. The third-order valence-corrected chi connectivity index (χ3v) is 2.96. The molecule has 0 atom stereocenters. The van der Waals surface area contributed by atoms with Crippen LogP contribution in [0.3, 0.4) is 0 Å². The first-order valence-corrected chi connectivity index (χ1v) is 5.89. The molecule has 0 aliphatic heterocycles. The number of methoxy groups -OCH3 is 1. The number of aryl methyl sites for hydroxylation is 1. The molecule has 1 aromatic carbocycles. The number of carbonyl (C=O) groups is 1. The zero-order chi connectivity index (χ0) is 12.3. The zero-order valence-electron chi connectivity index (χ0n) is 10.3. The monoisotopic (exact) mass is 231 g/mol. The third-order valence-electron chi connectivity index (χ3n) is 2.96. The molecule has 0 spiro atoms. The summed E-state index contributed by atoms with van der Waals surface area (Å²) >= 11 is 0. The number of nitrogens with zero attached hydrogens (tertiary/aromatic N) is 1. The van der Waals surface area contributed by atoms with Gasteiger partial charge in [0.15, 0.2) is 0 Å². The molecule has 3 heteroatoms. The Labute approximate surface area is 101 Å². The molecule has 90 valence electrons. The summed E-state index contributed by atoms with van der Waals surface area (Å²) in [6.07, 6.45) is 3.30. The van der Waals surface area contributed by atoms with Crippen molar-refractivity contribution < 1.29 is 9.53 Å². The summed E-state index contributed by atoms with van der Waals surface area (Å²) in [5.41, 5.74) is 2.21. The number of rotatable bonds is 4. The van der Waals surface area contributed by atoms with Crippen molar-refractivity contribution in [3.63, 3.8) is 0 Å². The first-order valence-electron chi connectivity index (χ1n) is 5.89. The van der Waals surface area contributed by atoms with Gasteiger partial charge >= 0.3 is 0 Å². The number of hydrogen-bond donors (Lipinski definition) is 0. The maximum absolute atomic E-state index is 12.0. The van der Waals surface area contributed by atoms with Crippen molar-refractivity contribution in [2.75, 3.05) is 13.7 Å². The van der Waals surface area contributed by atoms with Crippen molar-refractivity contribution in [3.05, 3.63) is 36.0 Å². The highest BCUT2D eigenvalue weighted by molar-refractivity contribution is 5.94. The van der Waals surface area contributed by atoms with Crippen LogP contribution in [0.15, 0.2) is 30.5 Å². The SMILES string of the molecule is CCc1cn(C(=O)CCOC)c2ccccc12. The van der Waals surface area contributed by atoms with Crippen molar-refractivity contribution in [2.24, 2.45) is 0 Å². The fourth-order valence-corrected chi connectivity index (χ4v) is 2.05. The number of hydrogen-bond acceptors (Lipinski definition) is 2. The molecule has 0 bridgehead atoms. The van der Waals surface area contributed by atoms with Gasteiger partial charge in [0, 0.05) is 18.7 Å². The van der Waals surface area contributed by atoms with E-state index in [-0.39, 0.29) is 5.91 Å². The quantitative estimate of drug-likeness (QED) is 0.810. The van der Waals surface area contributed by atoms with Gasteiger partial charge in [-0.2, -0.15) is 0 Å². The van der Waals surface area contributed by atoms with E-state index in [1.165, 1.54) is 10.9 Å². The van der Waals surface area contributed by atoms with Crippen LogP contribution in [-0.4, -0.2) is 24.2 Å². The van der Waals surface area contributed by atoms with Crippen molar-refractivity contribution in [1.29, 1.82) is 0 Å². The van der Waals surface area contributed by atoms with E-state index < -0.39 is 0 Å². The Morgan fingerprint density at radius 1 is 1.35 bits per heavy atom. The van der Waals surface area contributed by atoms with Crippen LogP contribution in [0.1, 0.15) is 23.7 Å². The predicted molar refractivity (Wildman–Crippen MR) is 68.4 cm³/mol. The van der Waals surface area contributed by atoms with E-state index in [1.54, 1.807) is 11.7 Å². The minimum atomic E-state index is 0.0859. The van der Waals surface area contributed by atoms with Crippen LogP contribution >= 0.6 is 0 Å². The van der Waals surface area contributed by atoms with Crippen LogP contribution in [0.4, 0.5) is 0 Å². The first-order chi connectivity index (χ1) is 8.27. The molecule has 2 aromatic rings. The molecule has 0 unspecified atom stereocenters. The summed E-state index contributed by atoms with van der Waals surface area (Å²) in [6.45, 7) is 2.57. The molecule has 2 rings (SSSR count). The van der Waals surface area contributed by atoms with Gasteiger partial charge in [0.2, 0.25) is 5.91 Å². The lowest BCUT2D eigenvalue weighted by molar-refractivity contribution is 0.0856. The van der Waals surface area contributed by atoms with Gasteiger partial charge in [0.05, 0.1) is 18.5 Å². The van der Waals surface area contributed by atoms with Gasteiger partial charge in [-0.05, 0) is 18.1 Å². The number of para-hydroxylation sites is 1. The number of ether oxygens (including phenoxy) is 1. The molecule has 0 aliphatic carbocycles. The lowest BCUT2D eigenvalue weighted by Gasteiger charge is -2.02. The average molecular weight is 231 g/mol. The Balaban J connectivity index is 2.43. The Hall–Kier alpha value is -1.61. The minimum Gasteiger partial charge on any atom is -0.384 e. The van der Waals surface area contributed by atoms with Crippen LogP contribution < -0.4 is 0 Å². The third kappa shape index (κ3) is 2.24. The largest absolute Gasteiger partial charge is 0.384 e. The number of carbonyl (C=O) groups excluding carboxylic acids is 1. The second-order valence-electron chi connectivity index (χ2n) is 4.03. The van der Waals surface area contributed by atoms with Crippen LogP contribution in [0, 0.1) is 0 Å². The average Bonchev–Trinajstić information content (AvgIpc) is 2.75. The zero-order valence-corrected chi connectivity index (χ0v) is 10.3. The fraction of sp³-hybridized carbons (Fsp3) is 0.357. The van der Waals surface area contributed by atoms with Crippen LogP contribution in [0.2, 0.25) is 0 Å². The highest BCUT2D eigenvalue weighted by Crippen LogP contribution is 2.21. The molecule has 0 saturated heterocycles. The van der Waals surface area contributed by atoms with Crippen molar-refractivity contribution in [1.82, 2.24) is 4.57 Å². The Bertz CT molecular complexity index is 528. The van der Waals surface area contributed by atoms with Gasteiger partial charge in [-0.15, -0.1) is 0 Å². The molecule has 0 amide bonds. The molecule has 0 radical (unpaired) electrons. The lowest BCUT2D eigenvalue weighted by atomic mass is 10.1. The molecule has 0 fully saturated rings. The summed E-state index contributed by atoms with van der Waals surface area (Å²) in [6, 6.07) is 8.01. The van der Waals surface area contributed by atoms with Crippen LogP contribution in [0.5, 0.6) is 0 Å². The van der Waals surface area contributed by atoms with E-state index in [0.29, 0.717) is 13.0 Å². The minimum absolute atomic E-state index is 0.0859. The lowest BCUT2D eigenvalue weighted by Crippen LogP contribution is -2.11. The summed E-state index contributed by atoms with van der Waals surface area (Å²) in [4.78, 5) is 12.0. The summed E-state index contributed by atoms with van der Waals surface area (Å²) < 4.78 is 6.69. The van der Waals surface area contributed by atoms with E-state index in [9.17, 15) is 4.79 Å². The van der Waals surface area contributed by atoms with E-state index in [0.717, 1.165) is 11.9 Å². The number of fused-ring (bicyclic) bond motifs is 1.